The molecule has 1 aliphatic rings. The van der Waals surface area contributed by atoms with E-state index in [1.165, 1.54) is 7.11 Å². The van der Waals surface area contributed by atoms with Crippen LogP contribution >= 0.6 is 15.9 Å². The maximum absolute atomic E-state index is 14.2. The van der Waals surface area contributed by atoms with Gasteiger partial charge in [-0.15, -0.1) is 0 Å². The number of ether oxygens (including phenoxy) is 1. The molecule has 1 aromatic rings. The van der Waals surface area contributed by atoms with E-state index >= 15 is 0 Å². The van der Waals surface area contributed by atoms with Gasteiger partial charge in [-0.3, -0.25) is 0 Å². The summed E-state index contributed by atoms with van der Waals surface area (Å²) in [6, 6.07) is 5.08. The van der Waals surface area contributed by atoms with Gasteiger partial charge in [0, 0.05) is 5.33 Å². The van der Waals surface area contributed by atoms with Crippen molar-refractivity contribution < 1.29 is 17.5 Å². The third kappa shape index (κ3) is 3.52. The van der Waals surface area contributed by atoms with Gasteiger partial charge in [-0.2, -0.15) is 0 Å². The highest BCUT2D eigenvalue weighted by Gasteiger charge is 2.33. The minimum atomic E-state index is -2.91. The molecule has 112 valence electrons. The molecule has 2 unspecified atom stereocenters. The number of hydrogen-bond acceptors (Lipinski definition) is 3. The molecule has 0 bridgehead atoms. The lowest BCUT2D eigenvalue weighted by Crippen LogP contribution is -2.20. The summed E-state index contributed by atoms with van der Waals surface area (Å²) in [4.78, 5) is 0. The Balaban J connectivity index is 2.15. The number of halogens is 2. The number of methoxy groups -OCH3 is 1. The molecule has 3 nitrogen and oxygen atoms in total. The molecule has 1 fully saturated rings. The second kappa shape index (κ2) is 6.43. The zero-order valence-corrected chi connectivity index (χ0v) is 13.7. The van der Waals surface area contributed by atoms with Crippen LogP contribution in [0.5, 0.6) is 5.75 Å². The fourth-order valence-corrected chi connectivity index (χ4v) is 5.37. The lowest BCUT2D eigenvalue weighted by Gasteiger charge is -2.21. The predicted molar refractivity (Wildman–Crippen MR) is 80.7 cm³/mol. The van der Waals surface area contributed by atoms with Gasteiger partial charge in [-0.25, -0.2) is 12.8 Å². The molecule has 0 amide bonds. The van der Waals surface area contributed by atoms with Crippen molar-refractivity contribution in [3.63, 3.8) is 0 Å². The molecular weight excluding hydrogens is 347 g/mol. The molecule has 20 heavy (non-hydrogen) atoms. The van der Waals surface area contributed by atoms with Crippen molar-refractivity contribution in [1.82, 2.24) is 0 Å². The molecule has 1 heterocycles. The molecule has 6 heteroatoms. The Morgan fingerprint density at radius 3 is 2.80 bits per heavy atom. The van der Waals surface area contributed by atoms with E-state index < -0.39 is 9.84 Å². The van der Waals surface area contributed by atoms with Gasteiger partial charge >= 0.3 is 0 Å². The van der Waals surface area contributed by atoms with E-state index in [1.807, 2.05) is 0 Å². The van der Waals surface area contributed by atoms with Crippen LogP contribution in [0.4, 0.5) is 4.39 Å². The summed E-state index contributed by atoms with van der Waals surface area (Å²) in [5, 5.41) is 0.670. The molecule has 1 aliphatic heterocycles. The topological polar surface area (TPSA) is 43.4 Å². The average molecular weight is 365 g/mol. The van der Waals surface area contributed by atoms with Gasteiger partial charge in [-0.05, 0) is 36.3 Å². The molecule has 0 radical (unpaired) electrons. The normalized spacial score (nSPS) is 22.6. The molecule has 0 spiro atoms. The van der Waals surface area contributed by atoms with Crippen molar-refractivity contribution in [1.29, 1.82) is 0 Å². The Morgan fingerprint density at radius 2 is 2.25 bits per heavy atom. The van der Waals surface area contributed by atoms with Crippen molar-refractivity contribution in [2.24, 2.45) is 11.8 Å². The molecule has 0 aromatic heterocycles. The number of sulfone groups is 1. The van der Waals surface area contributed by atoms with Crippen molar-refractivity contribution in [2.75, 3.05) is 23.9 Å². The van der Waals surface area contributed by atoms with Gasteiger partial charge in [0.05, 0.1) is 18.6 Å². The van der Waals surface area contributed by atoms with Crippen molar-refractivity contribution in [3.8, 4) is 5.75 Å². The van der Waals surface area contributed by atoms with Gasteiger partial charge in [0.15, 0.2) is 21.4 Å². The van der Waals surface area contributed by atoms with Crippen molar-refractivity contribution in [3.05, 3.63) is 29.6 Å². The Hall–Kier alpha value is -0.620. The zero-order valence-electron chi connectivity index (χ0n) is 11.3. The first-order valence-corrected chi connectivity index (χ1v) is 9.49. The van der Waals surface area contributed by atoms with E-state index in [9.17, 15) is 12.8 Å². The van der Waals surface area contributed by atoms with Crippen LogP contribution in [0.1, 0.15) is 12.0 Å². The summed E-state index contributed by atoms with van der Waals surface area (Å²) in [6.45, 7) is 0. The summed E-state index contributed by atoms with van der Waals surface area (Å²) < 4.78 is 42.3. The fraction of sp³-hybridized carbons (Fsp3) is 0.571. The summed E-state index contributed by atoms with van der Waals surface area (Å²) >= 11 is 3.43. The van der Waals surface area contributed by atoms with Crippen LogP contribution in [0.25, 0.3) is 0 Å². The molecular formula is C14H18BrFO3S. The third-order valence-corrected chi connectivity index (χ3v) is 6.50. The molecule has 0 N–H and O–H groups in total. The SMILES string of the molecule is COc1cccc(CC(CBr)C2CCS(=O)(=O)C2)c1F. The summed E-state index contributed by atoms with van der Waals surface area (Å²) in [5.41, 5.74) is 0.582. The molecule has 0 saturated carbocycles. The van der Waals surface area contributed by atoms with Crippen LogP contribution in [0.2, 0.25) is 0 Å². The Labute approximate surface area is 127 Å². The first-order valence-electron chi connectivity index (χ1n) is 6.54. The van der Waals surface area contributed by atoms with E-state index in [0.717, 1.165) is 0 Å². The Kier molecular flexibility index (Phi) is 5.07. The van der Waals surface area contributed by atoms with Gasteiger partial charge in [0.2, 0.25) is 0 Å². The van der Waals surface area contributed by atoms with Crippen LogP contribution < -0.4 is 4.74 Å². The van der Waals surface area contributed by atoms with E-state index in [1.54, 1.807) is 18.2 Å². The highest BCUT2D eigenvalue weighted by molar-refractivity contribution is 9.09. The number of benzene rings is 1. The lowest BCUT2D eigenvalue weighted by atomic mass is 9.88. The highest BCUT2D eigenvalue weighted by Crippen LogP contribution is 2.31. The fourth-order valence-electron chi connectivity index (χ4n) is 2.70. The molecule has 1 saturated heterocycles. The van der Waals surface area contributed by atoms with Crippen molar-refractivity contribution >= 4 is 25.8 Å². The number of hydrogen-bond donors (Lipinski definition) is 0. The van der Waals surface area contributed by atoms with Crippen LogP contribution in [-0.4, -0.2) is 32.4 Å². The zero-order chi connectivity index (χ0) is 14.8. The first-order chi connectivity index (χ1) is 9.46. The summed E-state index contributed by atoms with van der Waals surface area (Å²) in [6.07, 6.45) is 1.19. The predicted octanol–water partition coefficient (Wildman–Crippen LogP) is 2.82. The largest absolute Gasteiger partial charge is 0.494 e. The van der Waals surface area contributed by atoms with Crippen LogP contribution in [0.3, 0.4) is 0 Å². The van der Waals surface area contributed by atoms with E-state index in [0.29, 0.717) is 23.7 Å². The Bertz CT molecular complexity index is 574. The molecule has 0 aliphatic carbocycles. The maximum Gasteiger partial charge on any atom is 0.168 e. The molecule has 2 rings (SSSR count). The summed E-state index contributed by atoms with van der Waals surface area (Å²) in [5.74, 6) is 0.576. The van der Waals surface area contributed by atoms with E-state index in [2.05, 4.69) is 15.9 Å². The second-order valence-electron chi connectivity index (χ2n) is 5.22. The minimum absolute atomic E-state index is 0.102. The van der Waals surface area contributed by atoms with Crippen LogP contribution in [-0.2, 0) is 16.3 Å². The standard InChI is InChI=1S/C14H18BrFO3S/c1-19-13-4-2-3-10(14(13)16)7-12(8-15)11-5-6-20(17,18)9-11/h2-4,11-12H,5-9H2,1H3. The second-order valence-corrected chi connectivity index (χ2v) is 8.09. The van der Waals surface area contributed by atoms with Gasteiger partial charge in [0.25, 0.3) is 0 Å². The van der Waals surface area contributed by atoms with Gasteiger partial charge in [-0.1, -0.05) is 28.1 Å². The van der Waals surface area contributed by atoms with Gasteiger partial charge < -0.3 is 4.74 Å². The quantitative estimate of drug-likeness (QED) is 0.754. The molecule has 2 atom stereocenters. The van der Waals surface area contributed by atoms with Crippen LogP contribution in [0.15, 0.2) is 18.2 Å². The Morgan fingerprint density at radius 1 is 1.50 bits per heavy atom. The summed E-state index contributed by atoms with van der Waals surface area (Å²) in [7, 11) is -1.47. The monoisotopic (exact) mass is 364 g/mol. The number of alkyl halides is 1. The van der Waals surface area contributed by atoms with E-state index in [4.69, 9.17) is 4.74 Å². The third-order valence-electron chi connectivity index (χ3n) is 3.88. The van der Waals surface area contributed by atoms with E-state index in [-0.39, 0.29) is 34.9 Å². The van der Waals surface area contributed by atoms with Gasteiger partial charge in [0.1, 0.15) is 0 Å². The maximum atomic E-state index is 14.2. The lowest BCUT2D eigenvalue weighted by molar-refractivity contribution is 0.372. The smallest absolute Gasteiger partial charge is 0.168 e. The molecule has 1 aromatic carbocycles. The van der Waals surface area contributed by atoms with Crippen molar-refractivity contribution in [2.45, 2.75) is 12.8 Å². The number of rotatable bonds is 5. The minimum Gasteiger partial charge on any atom is -0.494 e. The first kappa shape index (κ1) is 15.8. The average Bonchev–Trinajstić information content (AvgIpc) is 2.78. The highest BCUT2D eigenvalue weighted by atomic mass is 79.9. The van der Waals surface area contributed by atoms with Crippen LogP contribution in [0, 0.1) is 17.7 Å².